The molecule has 0 saturated carbocycles. The Hall–Kier alpha value is -1.29. The van der Waals surface area contributed by atoms with Crippen LogP contribution in [0.15, 0.2) is 28.9 Å². The number of aromatic nitrogens is 2. The lowest BCUT2D eigenvalue weighted by Gasteiger charge is -2.08. The van der Waals surface area contributed by atoms with E-state index in [1.807, 2.05) is 30.8 Å². The smallest absolute Gasteiger partial charge is 0.207 e. The molecule has 1 heterocycles. The van der Waals surface area contributed by atoms with Crippen molar-refractivity contribution in [3.63, 3.8) is 0 Å². The minimum absolute atomic E-state index is 0.851. The Labute approximate surface area is 104 Å². The molecule has 16 heavy (non-hydrogen) atoms. The molecule has 0 atom stereocenters. The molecule has 0 spiro atoms. The Morgan fingerprint density at radius 1 is 1.31 bits per heavy atom. The fourth-order valence-electron chi connectivity index (χ4n) is 1.59. The molecule has 2 aromatic rings. The van der Waals surface area contributed by atoms with E-state index in [9.17, 15) is 0 Å². The zero-order valence-electron chi connectivity index (χ0n) is 9.58. The summed E-state index contributed by atoms with van der Waals surface area (Å²) in [6, 6.07) is 6.19. The predicted molar refractivity (Wildman–Crippen MR) is 70.1 cm³/mol. The average Bonchev–Trinajstić information content (AvgIpc) is 2.51. The summed E-state index contributed by atoms with van der Waals surface area (Å²) < 4.78 is 3.02. The van der Waals surface area contributed by atoms with Gasteiger partial charge >= 0.3 is 0 Å². The van der Waals surface area contributed by atoms with Gasteiger partial charge in [-0.25, -0.2) is 4.98 Å². The predicted octanol–water partition coefficient (Wildman–Crippen LogP) is 3.54. The lowest BCUT2D eigenvalue weighted by molar-refractivity contribution is 0.923. The van der Waals surface area contributed by atoms with Gasteiger partial charge in [-0.15, -0.1) is 0 Å². The SMILES string of the molecule is Cc1ccc(Br)c(Nc2nc(C)cn2C)c1. The molecule has 0 aliphatic carbocycles. The van der Waals surface area contributed by atoms with Gasteiger partial charge in [0.1, 0.15) is 0 Å². The molecule has 0 amide bonds. The Kier molecular flexibility index (Phi) is 3.01. The van der Waals surface area contributed by atoms with Crippen molar-refractivity contribution in [1.82, 2.24) is 9.55 Å². The zero-order chi connectivity index (χ0) is 11.7. The lowest BCUT2D eigenvalue weighted by Crippen LogP contribution is -1.99. The van der Waals surface area contributed by atoms with E-state index in [0.717, 1.165) is 21.8 Å². The largest absolute Gasteiger partial charge is 0.325 e. The molecule has 2 rings (SSSR count). The second-order valence-corrected chi connectivity index (χ2v) is 4.78. The van der Waals surface area contributed by atoms with Gasteiger partial charge in [0.15, 0.2) is 0 Å². The Morgan fingerprint density at radius 3 is 2.69 bits per heavy atom. The molecule has 0 bridgehead atoms. The number of imidazole rings is 1. The number of nitrogens with zero attached hydrogens (tertiary/aromatic N) is 2. The van der Waals surface area contributed by atoms with Crippen LogP contribution in [0.3, 0.4) is 0 Å². The number of hydrogen-bond acceptors (Lipinski definition) is 2. The van der Waals surface area contributed by atoms with Gasteiger partial charge in [-0.2, -0.15) is 0 Å². The maximum atomic E-state index is 4.41. The molecule has 3 nitrogen and oxygen atoms in total. The summed E-state index contributed by atoms with van der Waals surface area (Å²) in [5.74, 6) is 0.851. The highest BCUT2D eigenvalue weighted by Crippen LogP contribution is 2.26. The zero-order valence-corrected chi connectivity index (χ0v) is 11.2. The van der Waals surface area contributed by atoms with E-state index in [1.54, 1.807) is 0 Å². The monoisotopic (exact) mass is 279 g/mol. The van der Waals surface area contributed by atoms with E-state index < -0.39 is 0 Å². The van der Waals surface area contributed by atoms with Crippen LogP contribution in [0, 0.1) is 13.8 Å². The van der Waals surface area contributed by atoms with E-state index in [-0.39, 0.29) is 0 Å². The molecule has 0 fully saturated rings. The van der Waals surface area contributed by atoms with Gasteiger partial charge in [-0.05, 0) is 47.5 Å². The highest BCUT2D eigenvalue weighted by atomic mass is 79.9. The second kappa shape index (κ2) is 4.29. The van der Waals surface area contributed by atoms with Crippen LogP contribution in [-0.4, -0.2) is 9.55 Å². The minimum Gasteiger partial charge on any atom is -0.325 e. The Bertz CT molecular complexity index is 517. The quantitative estimate of drug-likeness (QED) is 0.911. The number of nitrogens with one attached hydrogen (secondary N) is 1. The van der Waals surface area contributed by atoms with Gasteiger partial charge in [0.25, 0.3) is 0 Å². The molecule has 1 aromatic carbocycles. The van der Waals surface area contributed by atoms with Gasteiger partial charge in [0, 0.05) is 17.7 Å². The van der Waals surface area contributed by atoms with Crippen LogP contribution in [0.1, 0.15) is 11.3 Å². The van der Waals surface area contributed by atoms with E-state index in [2.05, 4.69) is 45.3 Å². The summed E-state index contributed by atoms with van der Waals surface area (Å²) in [6.07, 6.45) is 1.99. The van der Waals surface area contributed by atoms with Crippen LogP contribution in [0.25, 0.3) is 0 Å². The van der Waals surface area contributed by atoms with Gasteiger partial charge in [-0.3, -0.25) is 0 Å². The number of benzene rings is 1. The topological polar surface area (TPSA) is 29.9 Å². The van der Waals surface area contributed by atoms with E-state index >= 15 is 0 Å². The third kappa shape index (κ3) is 2.27. The molecule has 0 aliphatic rings. The number of aryl methyl sites for hydroxylation is 3. The van der Waals surface area contributed by atoms with Crippen molar-refractivity contribution in [1.29, 1.82) is 0 Å². The Balaban J connectivity index is 2.33. The van der Waals surface area contributed by atoms with Crippen LogP contribution in [0.4, 0.5) is 11.6 Å². The highest BCUT2D eigenvalue weighted by Gasteiger charge is 2.05. The molecule has 0 aliphatic heterocycles. The van der Waals surface area contributed by atoms with E-state index in [4.69, 9.17) is 0 Å². The molecular weight excluding hydrogens is 266 g/mol. The standard InChI is InChI=1S/C12H14BrN3/c1-8-4-5-10(13)11(6-8)15-12-14-9(2)7-16(12)3/h4-7H,1-3H3,(H,14,15). The summed E-state index contributed by atoms with van der Waals surface area (Å²) in [7, 11) is 1.98. The molecule has 4 heteroatoms. The lowest BCUT2D eigenvalue weighted by atomic mass is 10.2. The van der Waals surface area contributed by atoms with E-state index in [0.29, 0.717) is 0 Å². The van der Waals surface area contributed by atoms with Crippen LogP contribution >= 0.6 is 15.9 Å². The fourth-order valence-corrected chi connectivity index (χ4v) is 1.93. The first-order valence-corrected chi connectivity index (χ1v) is 5.88. The molecule has 1 aromatic heterocycles. The maximum absolute atomic E-state index is 4.41. The fraction of sp³-hybridized carbons (Fsp3) is 0.250. The number of anilines is 2. The van der Waals surface area contributed by atoms with Crippen molar-refractivity contribution in [2.24, 2.45) is 7.05 Å². The molecule has 0 saturated heterocycles. The minimum atomic E-state index is 0.851. The third-order valence-corrected chi connectivity index (χ3v) is 3.06. The summed E-state index contributed by atoms with van der Waals surface area (Å²) in [4.78, 5) is 4.41. The Morgan fingerprint density at radius 2 is 2.06 bits per heavy atom. The molecule has 1 N–H and O–H groups in total. The van der Waals surface area contributed by atoms with Crippen molar-refractivity contribution in [2.45, 2.75) is 13.8 Å². The molecule has 0 radical (unpaired) electrons. The van der Waals surface area contributed by atoms with Gasteiger partial charge in [0.05, 0.1) is 11.4 Å². The first kappa shape index (κ1) is 11.2. The first-order valence-electron chi connectivity index (χ1n) is 5.09. The summed E-state index contributed by atoms with van der Waals surface area (Å²) in [6.45, 7) is 4.05. The van der Waals surface area contributed by atoms with E-state index in [1.165, 1.54) is 5.56 Å². The molecule has 84 valence electrons. The van der Waals surface area contributed by atoms with Gasteiger partial charge in [-0.1, -0.05) is 6.07 Å². The molecular formula is C12H14BrN3. The van der Waals surface area contributed by atoms with Crippen molar-refractivity contribution in [3.8, 4) is 0 Å². The highest BCUT2D eigenvalue weighted by molar-refractivity contribution is 9.10. The summed E-state index contributed by atoms with van der Waals surface area (Å²) >= 11 is 3.52. The van der Waals surface area contributed by atoms with Crippen LogP contribution < -0.4 is 5.32 Å². The van der Waals surface area contributed by atoms with Crippen molar-refractivity contribution >= 4 is 27.6 Å². The summed E-state index contributed by atoms with van der Waals surface area (Å²) in [5.41, 5.74) is 3.26. The van der Waals surface area contributed by atoms with Gasteiger partial charge < -0.3 is 9.88 Å². The number of hydrogen-bond donors (Lipinski definition) is 1. The maximum Gasteiger partial charge on any atom is 0.207 e. The number of halogens is 1. The van der Waals surface area contributed by atoms with Crippen molar-refractivity contribution < 1.29 is 0 Å². The summed E-state index contributed by atoms with van der Waals surface area (Å²) in [5, 5.41) is 3.31. The first-order chi connectivity index (χ1) is 7.56. The van der Waals surface area contributed by atoms with Gasteiger partial charge in [0.2, 0.25) is 5.95 Å². The van der Waals surface area contributed by atoms with Crippen LogP contribution in [-0.2, 0) is 7.05 Å². The number of rotatable bonds is 2. The normalized spacial score (nSPS) is 10.5. The molecule has 0 unspecified atom stereocenters. The van der Waals surface area contributed by atoms with Crippen molar-refractivity contribution in [2.75, 3.05) is 5.32 Å². The second-order valence-electron chi connectivity index (χ2n) is 3.93. The van der Waals surface area contributed by atoms with Crippen LogP contribution in [0.5, 0.6) is 0 Å². The van der Waals surface area contributed by atoms with Crippen molar-refractivity contribution in [3.05, 3.63) is 40.1 Å². The van der Waals surface area contributed by atoms with Crippen LogP contribution in [0.2, 0.25) is 0 Å². The average molecular weight is 280 g/mol. The third-order valence-electron chi connectivity index (χ3n) is 2.37.